The first kappa shape index (κ1) is 11.4. The van der Waals surface area contributed by atoms with E-state index in [9.17, 15) is 9.18 Å². The normalized spacial score (nSPS) is 13.8. The van der Waals surface area contributed by atoms with Gasteiger partial charge in [0.1, 0.15) is 5.82 Å². The number of Topliss-reactive ketones (excluding diaryl/α,β-unsaturated/α-hetero) is 1. The molecule has 0 aromatic heterocycles. The van der Waals surface area contributed by atoms with Gasteiger partial charge >= 0.3 is 0 Å². The summed E-state index contributed by atoms with van der Waals surface area (Å²) in [7, 11) is 0. The van der Waals surface area contributed by atoms with Crippen molar-refractivity contribution in [2.75, 3.05) is 0 Å². The highest BCUT2D eigenvalue weighted by molar-refractivity contribution is 6.30. The van der Waals surface area contributed by atoms with E-state index in [2.05, 4.69) is 0 Å². The molecule has 3 heteroatoms. The molecule has 0 heterocycles. The Balaban J connectivity index is 2.10. The highest BCUT2D eigenvalue weighted by Crippen LogP contribution is 2.30. The number of carbonyl (C=O) groups is 1. The van der Waals surface area contributed by atoms with Gasteiger partial charge in [-0.3, -0.25) is 4.79 Å². The minimum absolute atomic E-state index is 0.174. The van der Waals surface area contributed by atoms with E-state index in [4.69, 9.17) is 11.6 Å². The maximum atomic E-state index is 13.8. The third-order valence-electron chi connectivity index (χ3n) is 3.27. The molecule has 2 aromatic rings. The lowest BCUT2D eigenvalue weighted by molar-refractivity contribution is 0.0994. The molecule has 1 aliphatic rings. The molecule has 90 valence electrons. The number of halogens is 2. The van der Waals surface area contributed by atoms with Crippen molar-refractivity contribution < 1.29 is 9.18 Å². The Morgan fingerprint density at radius 2 is 1.78 bits per heavy atom. The van der Waals surface area contributed by atoms with Gasteiger partial charge in [-0.15, -0.1) is 0 Å². The van der Waals surface area contributed by atoms with Crippen molar-refractivity contribution in [1.82, 2.24) is 0 Å². The zero-order valence-electron chi connectivity index (χ0n) is 9.54. The van der Waals surface area contributed by atoms with Gasteiger partial charge in [-0.2, -0.15) is 0 Å². The summed E-state index contributed by atoms with van der Waals surface area (Å²) in [5.74, 6) is -0.167. The molecule has 0 bridgehead atoms. The molecule has 0 fully saturated rings. The molecule has 1 nitrogen and oxygen atoms in total. The molecule has 0 radical (unpaired) electrons. The van der Waals surface area contributed by atoms with Crippen molar-refractivity contribution in [1.29, 1.82) is 0 Å². The fraction of sp³-hybridized carbons (Fsp3) is 0.133. The van der Waals surface area contributed by atoms with Crippen LogP contribution in [0, 0.1) is 5.82 Å². The molecule has 3 rings (SSSR count). The number of hydrogen-bond acceptors (Lipinski definition) is 1. The van der Waals surface area contributed by atoms with Crippen LogP contribution in [0.25, 0.3) is 11.1 Å². The Bertz CT molecular complexity index is 649. The largest absolute Gasteiger partial charge is 0.294 e. The van der Waals surface area contributed by atoms with Crippen LogP contribution in [0.15, 0.2) is 36.4 Å². The summed E-state index contributed by atoms with van der Waals surface area (Å²) < 4.78 is 13.8. The van der Waals surface area contributed by atoms with Crippen LogP contribution in [0.4, 0.5) is 4.39 Å². The summed E-state index contributed by atoms with van der Waals surface area (Å²) in [4.78, 5) is 11.5. The van der Waals surface area contributed by atoms with Gasteiger partial charge in [0.2, 0.25) is 0 Å². The topological polar surface area (TPSA) is 17.1 Å². The Labute approximate surface area is 109 Å². The molecule has 0 amide bonds. The lowest BCUT2D eigenvalue weighted by Gasteiger charge is -2.06. The van der Waals surface area contributed by atoms with E-state index in [1.165, 1.54) is 6.07 Å². The number of fused-ring (bicyclic) bond motifs is 1. The molecule has 0 saturated carbocycles. The summed E-state index contributed by atoms with van der Waals surface area (Å²) >= 11 is 5.73. The van der Waals surface area contributed by atoms with E-state index in [1.807, 2.05) is 6.07 Å². The highest BCUT2D eigenvalue weighted by Gasteiger charge is 2.20. The Hall–Kier alpha value is -1.67. The van der Waals surface area contributed by atoms with Crippen molar-refractivity contribution >= 4 is 17.4 Å². The van der Waals surface area contributed by atoms with Gasteiger partial charge in [0, 0.05) is 22.6 Å². The molecule has 1 aliphatic carbocycles. The van der Waals surface area contributed by atoms with Gasteiger partial charge in [0.25, 0.3) is 0 Å². The minimum atomic E-state index is -0.341. The van der Waals surface area contributed by atoms with Gasteiger partial charge < -0.3 is 0 Å². The van der Waals surface area contributed by atoms with Crippen LogP contribution in [0.2, 0.25) is 5.02 Å². The molecule has 2 aromatic carbocycles. The third-order valence-corrected chi connectivity index (χ3v) is 3.50. The first-order chi connectivity index (χ1) is 8.65. The van der Waals surface area contributed by atoms with Crippen molar-refractivity contribution in [3.63, 3.8) is 0 Å². The van der Waals surface area contributed by atoms with E-state index >= 15 is 0 Å². The van der Waals surface area contributed by atoms with Crippen molar-refractivity contribution in [2.24, 2.45) is 0 Å². The molecule has 0 spiro atoms. The lowest BCUT2D eigenvalue weighted by Crippen LogP contribution is -1.91. The third kappa shape index (κ3) is 1.83. The monoisotopic (exact) mass is 260 g/mol. The van der Waals surface area contributed by atoms with Gasteiger partial charge in [-0.25, -0.2) is 4.39 Å². The second kappa shape index (κ2) is 4.21. The standard InChI is InChI=1S/C15H10ClFO/c16-11-3-5-12(14(17)8-11)9-1-4-13-10(7-9)2-6-15(13)18/h1,3-5,7-8H,2,6H2. The number of benzene rings is 2. The summed E-state index contributed by atoms with van der Waals surface area (Å²) in [6.07, 6.45) is 1.30. The number of aryl methyl sites for hydroxylation is 1. The summed E-state index contributed by atoms with van der Waals surface area (Å²) in [6.45, 7) is 0. The van der Waals surface area contributed by atoms with Crippen LogP contribution < -0.4 is 0 Å². The van der Waals surface area contributed by atoms with Gasteiger partial charge in [0.15, 0.2) is 5.78 Å². The van der Waals surface area contributed by atoms with Crippen LogP contribution in [0.1, 0.15) is 22.3 Å². The summed E-state index contributed by atoms with van der Waals surface area (Å²) in [5, 5.41) is 0.382. The number of carbonyl (C=O) groups excluding carboxylic acids is 1. The van der Waals surface area contributed by atoms with Crippen LogP contribution in [-0.4, -0.2) is 5.78 Å². The Morgan fingerprint density at radius 1 is 1.00 bits per heavy atom. The zero-order chi connectivity index (χ0) is 12.7. The molecule has 0 N–H and O–H groups in total. The van der Waals surface area contributed by atoms with Crippen molar-refractivity contribution in [2.45, 2.75) is 12.8 Å². The van der Waals surface area contributed by atoms with Gasteiger partial charge in [-0.1, -0.05) is 29.8 Å². The number of ketones is 1. The molecular formula is C15H10ClFO. The van der Waals surface area contributed by atoms with Crippen LogP contribution >= 0.6 is 11.6 Å². The molecule has 0 atom stereocenters. The maximum absolute atomic E-state index is 13.8. The van der Waals surface area contributed by atoms with E-state index in [-0.39, 0.29) is 11.6 Å². The van der Waals surface area contributed by atoms with E-state index in [0.29, 0.717) is 17.0 Å². The molecule has 0 aliphatic heterocycles. The first-order valence-corrected chi connectivity index (χ1v) is 6.14. The number of hydrogen-bond donors (Lipinski definition) is 0. The van der Waals surface area contributed by atoms with Crippen LogP contribution in [0.5, 0.6) is 0 Å². The smallest absolute Gasteiger partial charge is 0.163 e. The fourth-order valence-corrected chi connectivity index (χ4v) is 2.51. The molecule has 0 saturated heterocycles. The second-order valence-corrected chi connectivity index (χ2v) is 4.86. The Kier molecular flexibility index (Phi) is 2.67. The van der Waals surface area contributed by atoms with E-state index in [0.717, 1.165) is 23.1 Å². The van der Waals surface area contributed by atoms with Crippen LogP contribution in [-0.2, 0) is 6.42 Å². The SMILES string of the molecule is O=C1CCc2cc(-c3ccc(Cl)cc3F)ccc21. The molecular weight excluding hydrogens is 251 g/mol. The van der Waals surface area contributed by atoms with Crippen molar-refractivity contribution in [3.8, 4) is 11.1 Å². The lowest BCUT2D eigenvalue weighted by atomic mass is 10.00. The summed E-state index contributed by atoms with van der Waals surface area (Å²) in [5.41, 5.74) is 3.08. The predicted molar refractivity (Wildman–Crippen MR) is 69.5 cm³/mol. The average Bonchev–Trinajstić information content (AvgIpc) is 2.71. The molecule has 18 heavy (non-hydrogen) atoms. The van der Waals surface area contributed by atoms with E-state index in [1.54, 1.807) is 24.3 Å². The van der Waals surface area contributed by atoms with Crippen LogP contribution in [0.3, 0.4) is 0 Å². The number of rotatable bonds is 1. The van der Waals surface area contributed by atoms with Crippen molar-refractivity contribution in [3.05, 3.63) is 58.4 Å². The quantitative estimate of drug-likeness (QED) is 0.748. The van der Waals surface area contributed by atoms with E-state index < -0.39 is 0 Å². The maximum Gasteiger partial charge on any atom is 0.163 e. The first-order valence-electron chi connectivity index (χ1n) is 5.77. The Morgan fingerprint density at radius 3 is 2.56 bits per heavy atom. The van der Waals surface area contributed by atoms with Gasteiger partial charge in [0.05, 0.1) is 0 Å². The minimum Gasteiger partial charge on any atom is -0.294 e. The zero-order valence-corrected chi connectivity index (χ0v) is 10.3. The second-order valence-electron chi connectivity index (χ2n) is 4.42. The van der Waals surface area contributed by atoms with Gasteiger partial charge in [-0.05, 0) is 35.7 Å². The fourth-order valence-electron chi connectivity index (χ4n) is 2.35. The molecule has 0 unspecified atom stereocenters. The predicted octanol–water partition coefficient (Wildman–Crippen LogP) is 4.28. The highest BCUT2D eigenvalue weighted by atomic mass is 35.5. The summed E-state index contributed by atoms with van der Waals surface area (Å²) in [6, 6.07) is 10.1. The average molecular weight is 261 g/mol.